The van der Waals surface area contributed by atoms with Gasteiger partial charge in [-0.3, -0.25) is 9.59 Å². The number of benzene rings is 3. The third-order valence-corrected chi connectivity index (χ3v) is 5.18. The molecule has 0 saturated heterocycles. The molecule has 0 aliphatic rings. The molecule has 0 saturated carbocycles. The molecule has 0 fully saturated rings. The van der Waals surface area contributed by atoms with Crippen molar-refractivity contribution in [3.63, 3.8) is 0 Å². The first-order chi connectivity index (χ1) is 16.5. The first-order valence-electron chi connectivity index (χ1n) is 11.0. The molecular formula is C27H24FN3O3. The predicted octanol–water partition coefficient (Wildman–Crippen LogP) is 5.81. The van der Waals surface area contributed by atoms with Crippen LogP contribution in [0.15, 0.2) is 78.9 Å². The molecule has 1 aromatic heterocycles. The molecule has 1 heterocycles. The molecule has 4 rings (SSSR count). The SMILES string of the molecule is CCCc1nn(-c2ccccc2)c(OC(C)=O)c1-c1ccc(NC(=O)c2ccc(F)cc2)cc1. The largest absolute Gasteiger partial charge is 0.407 e. The van der Waals surface area contributed by atoms with Crippen LogP contribution in [0.25, 0.3) is 16.8 Å². The van der Waals surface area contributed by atoms with Gasteiger partial charge in [0.2, 0.25) is 5.88 Å². The van der Waals surface area contributed by atoms with Gasteiger partial charge in [0.25, 0.3) is 5.91 Å². The van der Waals surface area contributed by atoms with Crippen molar-refractivity contribution in [2.24, 2.45) is 0 Å². The molecule has 172 valence electrons. The summed E-state index contributed by atoms with van der Waals surface area (Å²) in [6, 6.07) is 22.1. The summed E-state index contributed by atoms with van der Waals surface area (Å²) in [5.74, 6) is -0.824. The zero-order valence-electron chi connectivity index (χ0n) is 18.9. The number of hydrogen-bond donors (Lipinski definition) is 1. The predicted molar refractivity (Wildman–Crippen MR) is 129 cm³/mol. The van der Waals surface area contributed by atoms with E-state index in [0.717, 1.165) is 28.9 Å². The van der Waals surface area contributed by atoms with Gasteiger partial charge >= 0.3 is 5.97 Å². The van der Waals surface area contributed by atoms with Crippen LogP contribution in [-0.4, -0.2) is 21.7 Å². The van der Waals surface area contributed by atoms with E-state index in [4.69, 9.17) is 9.84 Å². The van der Waals surface area contributed by atoms with Crippen molar-refractivity contribution in [2.75, 3.05) is 5.32 Å². The van der Waals surface area contributed by atoms with Crippen LogP contribution in [0.1, 0.15) is 36.3 Å². The highest BCUT2D eigenvalue weighted by atomic mass is 19.1. The molecule has 34 heavy (non-hydrogen) atoms. The van der Waals surface area contributed by atoms with Crippen LogP contribution in [0.4, 0.5) is 10.1 Å². The zero-order valence-corrected chi connectivity index (χ0v) is 18.9. The van der Waals surface area contributed by atoms with Crippen LogP contribution in [-0.2, 0) is 11.2 Å². The topological polar surface area (TPSA) is 73.2 Å². The summed E-state index contributed by atoms with van der Waals surface area (Å²) in [6.45, 7) is 3.42. The second-order valence-corrected chi connectivity index (χ2v) is 7.76. The highest BCUT2D eigenvalue weighted by Gasteiger charge is 2.23. The Labute approximate surface area is 197 Å². The molecule has 0 aliphatic heterocycles. The second-order valence-electron chi connectivity index (χ2n) is 7.76. The summed E-state index contributed by atoms with van der Waals surface area (Å²) in [7, 11) is 0. The Balaban J connectivity index is 1.70. The van der Waals surface area contributed by atoms with Crippen molar-refractivity contribution in [2.45, 2.75) is 26.7 Å². The van der Waals surface area contributed by atoms with Gasteiger partial charge in [-0.2, -0.15) is 9.78 Å². The summed E-state index contributed by atoms with van der Waals surface area (Å²) in [5, 5.41) is 7.56. The Bertz CT molecular complexity index is 1300. The highest BCUT2D eigenvalue weighted by molar-refractivity contribution is 6.04. The summed E-state index contributed by atoms with van der Waals surface area (Å²) >= 11 is 0. The molecule has 4 aromatic rings. The van der Waals surface area contributed by atoms with Gasteiger partial charge in [0.15, 0.2) is 0 Å². The number of halogens is 1. The van der Waals surface area contributed by atoms with Crippen LogP contribution in [0.2, 0.25) is 0 Å². The standard InChI is InChI=1S/C27H24FN3O3/c1-3-7-24-25(27(34-18(2)32)31(30-24)23-8-5-4-6-9-23)19-12-16-22(17-13-19)29-26(33)20-10-14-21(28)15-11-20/h4-6,8-17H,3,7H2,1-2H3,(H,29,33). The van der Waals surface area contributed by atoms with E-state index >= 15 is 0 Å². The molecule has 1 amide bonds. The number of carbonyl (C=O) groups excluding carboxylic acids is 2. The van der Waals surface area contributed by atoms with E-state index in [1.54, 1.807) is 16.8 Å². The van der Waals surface area contributed by atoms with Crippen LogP contribution in [0, 0.1) is 5.82 Å². The summed E-state index contributed by atoms with van der Waals surface area (Å²) in [6.07, 6.45) is 1.57. The molecule has 7 heteroatoms. The van der Waals surface area contributed by atoms with Crippen molar-refractivity contribution >= 4 is 17.6 Å². The van der Waals surface area contributed by atoms with E-state index in [0.29, 0.717) is 23.6 Å². The normalized spacial score (nSPS) is 10.7. The molecule has 0 atom stereocenters. The minimum Gasteiger partial charge on any atom is -0.407 e. The molecule has 0 aliphatic carbocycles. The van der Waals surface area contributed by atoms with E-state index in [1.807, 2.05) is 42.5 Å². The first kappa shape index (κ1) is 22.9. The second kappa shape index (κ2) is 10.1. The number of carbonyl (C=O) groups is 2. The van der Waals surface area contributed by atoms with Gasteiger partial charge < -0.3 is 10.1 Å². The van der Waals surface area contributed by atoms with Gasteiger partial charge in [0, 0.05) is 18.2 Å². The molecule has 0 unspecified atom stereocenters. The van der Waals surface area contributed by atoms with Crippen molar-refractivity contribution in [3.05, 3.63) is 95.9 Å². The molecule has 6 nitrogen and oxygen atoms in total. The lowest BCUT2D eigenvalue weighted by molar-refractivity contribution is -0.132. The van der Waals surface area contributed by atoms with E-state index in [-0.39, 0.29) is 5.91 Å². The van der Waals surface area contributed by atoms with Crippen LogP contribution < -0.4 is 10.1 Å². The van der Waals surface area contributed by atoms with E-state index in [9.17, 15) is 14.0 Å². The lowest BCUT2D eigenvalue weighted by Gasteiger charge is -2.10. The average Bonchev–Trinajstić information content (AvgIpc) is 3.18. The molecule has 3 aromatic carbocycles. The number of nitrogens with zero attached hydrogens (tertiary/aromatic N) is 2. The Kier molecular flexibility index (Phi) is 6.82. The van der Waals surface area contributed by atoms with Crippen molar-refractivity contribution in [3.8, 4) is 22.7 Å². The Morgan fingerprint density at radius 3 is 2.26 bits per heavy atom. The maximum atomic E-state index is 13.1. The van der Waals surface area contributed by atoms with Crippen LogP contribution >= 0.6 is 0 Å². The van der Waals surface area contributed by atoms with Gasteiger partial charge in [-0.25, -0.2) is 4.39 Å². The maximum absolute atomic E-state index is 13.1. The van der Waals surface area contributed by atoms with Gasteiger partial charge in [-0.15, -0.1) is 0 Å². The number of para-hydroxylation sites is 1. The number of hydrogen-bond acceptors (Lipinski definition) is 4. The van der Waals surface area contributed by atoms with Gasteiger partial charge in [-0.05, 0) is 60.5 Å². The number of amides is 1. The molecule has 1 N–H and O–H groups in total. The number of aromatic nitrogens is 2. The minimum atomic E-state index is -0.440. The fourth-order valence-electron chi connectivity index (χ4n) is 3.65. The zero-order chi connectivity index (χ0) is 24.1. The Hall–Kier alpha value is -4.26. The fourth-order valence-corrected chi connectivity index (χ4v) is 3.65. The van der Waals surface area contributed by atoms with E-state index in [1.165, 1.54) is 31.2 Å². The highest BCUT2D eigenvalue weighted by Crippen LogP contribution is 2.37. The van der Waals surface area contributed by atoms with Gasteiger partial charge in [0.1, 0.15) is 5.82 Å². The van der Waals surface area contributed by atoms with E-state index in [2.05, 4.69) is 12.2 Å². The fraction of sp³-hybridized carbons (Fsp3) is 0.148. The molecule has 0 radical (unpaired) electrons. The molecular weight excluding hydrogens is 433 g/mol. The van der Waals surface area contributed by atoms with Gasteiger partial charge in [-0.1, -0.05) is 43.7 Å². The minimum absolute atomic E-state index is 0.336. The van der Waals surface area contributed by atoms with E-state index < -0.39 is 11.8 Å². The monoisotopic (exact) mass is 457 g/mol. The third kappa shape index (κ3) is 5.04. The smallest absolute Gasteiger partial charge is 0.309 e. The number of esters is 1. The number of anilines is 1. The lowest BCUT2D eigenvalue weighted by atomic mass is 10.0. The van der Waals surface area contributed by atoms with Crippen molar-refractivity contribution in [1.82, 2.24) is 9.78 Å². The van der Waals surface area contributed by atoms with Crippen molar-refractivity contribution < 1.29 is 18.7 Å². The number of ether oxygens (including phenoxy) is 1. The summed E-state index contributed by atoms with van der Waals surface area (Å²) < 4.78 is 20.4. The maximum Gasteiger partial charge on any atom is 0.309 e. The molecule has 0 bridgehead atoms. The Morgan fingerprint density at radius 2 is 1.65 bits per heavy atom. The first-order valence-corrected chi connectivity index (χ1v) is 11.0. The molecule has 0 spiro atoms. The quantitative estimate of drug-likeness (QED) is 0.356. The number of rotatable bonds is 7. The van der Waals surface area contributed by atoms with Crippen molar-refractivity contribution in [1.29, 1.82) is 0 Å². The third-order valence-electron chi connectivity index (χ3n) is 5.18. The average molecular weight is 458 g/mol. The summed E-state index contributed by atoms with van der Waals surface area (Å²) in [5.41, 5.74) is 4.08. The number of aryl methyl sites for hydroxylation is 1. The number of nitrogens with one attached hydrogen (secondary N) is 1. The van der Waals surface area contributed by atoms with Crippen LogP contribution in [0.5, 0.6) is 5.88 Å². The Morgan fingerprint density at radius 1 is 0.971 bits per heavy atom. The lowest BCUT2D eigenvalue weighted by Crippen LogP contribution is -2.11. The van der Waals surface area contributed by atoms with Crippen LogP contribution in [0.3, 0.4) is 0 Å². The summed E-state index contributed by atoms with van der Waals surface area (Å²) in [4.78, 5) is 24.4. The van der Waals surface area contributed by atoms with Gasteiger partial charge in [0.05, 0.1) is 16.9 Å².